The first-order valence-electron chi connectivity index (χ1n) is 5.27. The maximum Gasteiger partial charge on any atom is 0.307 e. The first-order valence-corrected chi connectivity index (χ1v) is 5.27. The van der Waals surface area contributed by atoms with Gasteiger partial charge in [0.1, 0.15) is 6.61 Å². The minimum atomic E-state index is -0.115. The highest BCUT2D eigenvalue weighted by atomic mass is 16.5. The topological polar surface area (TPSA) is 38.3 Å². The Morgan fingerprint density at radius 3 is 2.73 bits per heavy atom. The molecule has 0 aromatic heterocycles. The second-order valence-electron chi connectivity index (χ2n) is 3.79. The third kappa shape index (κ3) is 3.06. The number of esters is 1. The lowest BCUT2D eigenvalue weighted by atomic mass is 10.0. The standard InChI is InChI=1S/C12H15NO2/c14-12(8-11-6-7-13-11)15-9-10-4-2-1-3-5-10/h1-5,11,13H,6-9H2/t11-/m0/s1. The molecule has 0 radical (unpaired) electrons. The predicted molar refractivity (Wildman–Crippen MR) is 57.3 cm³/mol. The Bertz CT molecular complexity index is 320. The Labute approximate surface area is 89.4 Å². The van der Waals surface area contributed by atoms with Crippen LogP contribution in [-0.2, 0) is 16.1 Å². The lowest BCUT2D eigenvalue weighted by Gasteiger charge is -2.26. The first kappa shape index (κ1) is 10.2. The molecule has 1 N–H and O–H groups in total. The van der Waals surface area contributed by atoms with Crippen molar-refractivity contribution in [2.24, 2.45) is 0 Å². The summed E-state index contributed by atoms with van der Waals surface area (Å²) >= 11 is 0. The number of rotatable bonds is 4. The molecule has 0 bridgehead atoms. The number of benzene rings is 1. The predicted octanol–water partition coefficient (Wildman–Crippen LogP) is 1.48. The van der Waals surface area contributed by atoms with Crippen molar-refractivity contribution in [1.82, 2.24) is 5.32 Å². The number of carbonyl (C=O) groups excluding carboxylic acids is 1. The Morgan fingerprint density at radius 2 is 2.13 bits per heavy atom. The quantitative estimate of drug-likeness (QED) is 0.757. The molecule has 3 heteroatoms. The van der Waals surface area contributed by atoms with Gasteiger partial charge in [0, 0.05) is 6.04 Å². The summed E-state index contributed by atoms with van der Waals surface area (Å²) in [6.07, 6.45) is 1.58. The Balaban J connectivity index is 1.71. The van der Waals surface area contributed by atoms with Gasteiger partial charge in [0.05, 0.1) is 6.42 Å². The summed E-state index contributed by atoms with van der Waals surface area (Å²) in [5.74, 6) is -0.115. The largest absolute Gasteiger partial charge is 0.461 e. The van der Waals surface area contributed by atoms with E-state index in [1.165, 1.54) is 0 Å². The molecule has 0 unspecified atom stereocenters. The van der Waals surface area contributed by atoms with E-state index >= 15 is 0 Å². The molecule has 0 aliphatic carbocycles. The molecule has 80 valence electrons. The first-order chi connectivity index (χ1) is 7.34. The minimum Gasteiger partial charge on any atom is -0.461 e. The summed E-state index contributed by atoms with van der Waals surface area (Å²) < 4.78 is 5.16. The van der Waals surface area contributed by atoms with E-state index in [1.807, 2.05) is 30.3 Å². The van der Waals surface area contributed by atoms with E-state index in [4.69, 9.17) is 4.74 Å². The number of hydrogen-bond acceptors (Lipinski definition) is 3. The van der Waals surface area contributed by atoms with Gasteiger partial charge in [0.2, 0.25) is 0 Å². The monoisotopic (exact) mass is 205 g/mol. The summed E-state index contributed by atoms with van der Waals surface area (Å²) in [4.78, 5) is 11.4. The molecule has 0 spiro atoms. The third-order valence-corrected chi connectivity index (χ3v) is 2.58. The maximum absolute atomic E-state index is 11.4. The van der Waals surface area contributed by atoms with Gasteiger partial charge in [0.25, 0.3) is 0 Å². The van der Waals surface area contributed by atoms with Crippen LogP contribution < -0.4 is 5.32 Å². The van der Waals surface area contributed by atoms with Gasteiger partial charge in [-0.05, 0) is 18.5 Å². The minimum absolute atomic E-state index is 0.115. The van der Waals surface area contributed by atoms with Gasteiger partial charge in [-0.3, -0.25) is 4.79 Å². The van der Waals surface area contributed by atoms with Crippen LogP contribution in [0.1, 0.15) is 18.4 Å². The lowest BCUT2D eigenvalue weighted by molar-refractivity contribution is -0.146. The van der Waals surface area contributed by atoms with Crippen molar-refractivity contribution in [3.63, 3.8) is 0 Å². The second-order valence-corrected chi connectivity index (χ2v) is 3.79. The number of nitrogens with one attached hydrogen (secondary N) is 1. The van der Waals surface area contributed by atoms with Crippen LogP contribution in [0.15, 0.2) is 30.3 Å². The molecular formula is C12H15NO2. The van der Waals surface area contributed by atoms with Crippen molar-refractivity contribution >= 4 is 5.97 Å². The second kappa shape index (κ2) is 4.94. The van der Waals surface area contributed by atoms with Gasteiger partial charge in [-0.15, -0.1) is 0 Å². The van der Waals surface area contributed by atoms with Crippen molar-refractivity contribution in [1.29, 1.82) is 0 Å². The van der Waals surface area contributed by atoms with Crippen molar-refractivity contribution in [3.05, 3.63) is 35.9 Å². The van der Waals surface area contributed by atoms with Crippen LogP contribution in [0.4, 0.5) is 0 Å². The number of hydrogen-bond donors (Lipinski definition) is 1. The fourth-order valence-electron chi connectivity index (χ4n) is 1.52. The van der Waals surface area contributed by atoms with Gasteiger partial charge in [-0.1, -0.05) is 30.3 Å². The van der Waals surface area contributed by atoms with E-state index in [0.717, 1.165) is 18.5 Å². The van der Waals surface area contributed by atoms with Gasteiger partial charge >= 0.3 is 5.97 Å². The zero-order valence-corrected chi connectivity index (χ0v) is 8.61. The van der Waals surface area contributed by atoms with Gasteiger partial charge < -0.3 is 10.1 Å². The fourth-order valence-corrected chi connectivity index (χ4v) is 1.52. The molecule has 1 aliphatic rings. The van der Waals surface area contributed by atoms with E-state index in [-0.39, 0.29) is 5.97 Å². The van der Waals surface area contributed by atoms with E-state index in [0.29, 0.717) is 19.1 Å². The molecule has 1 fully saturated rings. The third-order valence-electron chi connectivity index (χ3n) is 2.58. The molecule has 3 nitrogen and oxygen atoms in total. The van der Waals surface area contributed by atoms with Crippen molar-refractivity contribution in [3.8, 4) is 0 Å². The van der Waals surface area contributed by atoms with Crippen LogP contribution in [0.5, 0.6) is 0 Å². The van der Waals surface area contributed by atoms with Gasteiger partial charge in [-0.2, -0.15) is 0 Å². The maximum atomic E-state index is 11.4. The van der Waals surface area contributed by atoms with Crippen molar-refractivity contribution < 1.29 is 9.53 Å². The summed E-state index contributed by atoms with van der Waals surface area (Å²) in [6.45, 7) is 1.41. The Kier molecular flexibility index (Phi) is 3.35. The van der Waals surface area contributed by atoms with Gasteiger partial charge in [0.15, 0.2) is 0 Å². The molecule has 0 saturated carbocycles. The summed E-state index contributed by atoms with van der Waals surface area (Å²) in [5.41, 5.74) is 1.03. The molecule has 0 amide bonds. The summed E-state index contributed by atoms with van der Waals surface area (Å²) in [5, 5.41) is 3.17. The van der Waals surface area contributed by atoms with Crippen LogP contribution in [0.2, 0.25) is 0 Å². The number of carbonyl (C=O) groups is 1. The molecule has 1 saturated heterocycles. The highest BCUT2D eigenvalue weighted by molar-refractivity contribution is 5.70. The van der Waals surface area contributed by atoms with Crippen LogP contribution >= 0.6 is 0 Å². The average Bonchev–Trinajstić information content (AvgIpc) is 2.22. The van der Waals surface area contributed by atoms with Crippen LogP contribution in [0, 0.1) is 0 Å². The Morgan fingerprint density at radius 1 is 1.40 bits per heavy atom. The molecule has 15 heavy (non-hydrogen) atoms. The van der Waals surface area contributed by atoms with Crippen LogP contribution in [0.3, 0.4) is 0 Å². The zero-order chi connectivity index (χ0) is 10.5. The zero-order valence-electron chi connectivity index (χ0n) is 8.61. The molecule has 1 heterocycles. The molecule has 2 rings (SSSR count). The summed E-state index contributed by atoms with van der Waals surface area (Å²) in [7, 11) is 0. The van der Waals surface area contributed by atoms with Gasteiger partial charge in [-0.25, -0.2) is 0 Å². The van der Waals surface area contributed by atoms with E-state index in [1.54, 1.807) is 0 Å². The SMILES string of the molecule is O=C(C[C@@H]1CCN1)OCc1ccccc1. The highest BCUT2D eigenvalue weighted by Crippen LogP contribution is 2.08. The van der Waals surface area contributed by atoms with Crippen LogP contribution in [0.25, 0.3) is 0 Å². The molecule has 1 aliphatic heterocycles. The Hall–Kier alpha value is -1.35. The molecular weight excluding hydrogens is 190 g/mol. The van der Waals surface area contributed by atoms with E-state index in [9.17, 15) is 4.79 Å². The number of ether oxygens (including phenoxy) is 1. The normalized spacial score (nSPS) is 19.3. The molecule has 1 aromatic rings. The molecule has 1 atom stereocenters. The molecule has 1 aromatic carbocycles. The van der Waals surface area contributed by atoms with E-state index < -0.39 is 0 Å². The summed E-state index contributed by atoms with van der Waals surface area (Å²) in [6, 6.07) is 10.1. The van der Waals surface area contributed by atoms with Crippen molar-refractivity contribution in [2.45, 2.75) is 25.5 Å². The smallest absolute Gasteiger partial charge is 0.307 e. The lowest BCUT2D eigenvalue weighted by Crippen LogP contribution is -2.44. The fraction of sp³-hybridized carbons (Fsp3) is 0.417. The van der Waals surface area contributed by atoms with Crippen molar-refractivity contribution in [2.75, 3.05) is 6.54 Å². The van der Waals surface area contributed by atoms with Crippen LogP contribution in [-0.4, -0.2) is 18.6 Å². The van der Waals surface area contributed by atoms with E-state index in [2.05, 4.69) is 5.32 Å². The highest BCUT2D eigenvalue weighted by Gasteiger charge is 2.20. The average molecular weight is 205 g/mol.